The molecule has 0 aromatic rings. The molecule has 0 fully saturated rings. The minimum Gasteiger partial charge on any atom is -0.550 e. The van der Waals surface area contributed by atoms with Crippen LogP contribution in [0.2, 0.25) is 0 Å². The van der Waals surface area contributed by atoms with Crippen LogP contribution in [0.4, 0.5) is 0 Å². The number of carbonyl (C=O) groups excluding carboxylic acids is 3. The Kier molecular flexibility index (Phi) is 11.1. The van der Waals surface area contributed by atoms with Crippen LogP contribution >= 0.6 is 0 Å². The molecule has 0 rings (SSSR count). The first-order chi connectivity index (χ1) is 9.64. The third-order valence-electron chi connectivity index (χ3n) is 2.94. The molecule has 0 saturated carbocycles. The van der Waals surface area contributed by atoms with Crippen molar-refractivity contribution in [2.45, 2.75) is 45.8 Å². The van der Waals surface area contributed by atoms with Gasteiger partial charge < -0.3 is 19.4 Å². The smallest absolute Gasteiger partial charge is 0.550 e. The van der Waals surface area contributed by atoms with Crippen LogP contribution in [0.1, 0.15) is 33.6 Å². The van der Waals surface area contributed by atoms with Gasteiger partial charge in [-0.25, -0.2) is 9.59 Å². The van der Waals surface area contributed by atoms with Crippen molar-refractivity contribution in [1.29, 1.82) is 0 Å². The summed E-state index contributed by atoms with van der Waals surface area (Å²) in [5.41, 5.74) is -1.30. The van der Waals surface area contributed by atoms with Gasteiger partial charge >= 0.3 is 41.5 Å². The van der Waals surface area contributed by atoms with Crippen molar-refractivity contribution >= 4 is 17.9 Å². The topological polar surface area (TPSA) is 92.7 Å². The number of hydrogen-bond acceptors (Lipinski definition) is 6. The zero-order valence-electron chi connectivity index (χ0n) is 13.6. The first kappa shape index (κ1) is 23.2. The molecule has 0 aliphatic rings. The van der Waals surface area contributed by atoms with Crippen LogP contribution in [0.5, 0.6) is 0 Å². The summed E-state index contributed by atoms with van der Waals surface area (Å²) in [4.78, 5) is 33.6. The Hall–Kier alpha value is -1.11. The number of aliphatic carboxylic acids is 1. The van der Waals surface area contributed by atoms with Gasteiger partial charge in [-0.3, -0.25) is 0 Å². The van der Waals surface area contributed by atoms with Gasteiger partial charge in [0.05, 0.1) is 0 Å². The molecule has 0 aliphatic carbocycles. The van der Waals surface area contributed by atoms with E-state index in [-0.39, 0.29) is 42.4 Å². The van der Waals surface area contributed by atoms with Crippen LogP contribution in [0.3, 0.4) is 0 Å². The predicted octanol–water partition coefficient (Wildman–Crippen LogP) is -2.24. The molecule has 6 nitrogen and oxygen atoms in total. The first-order valence-corrected chi connectivity index (χ1v) is 6.52. The average Bonchev–Trinajstić information content (AvgIpc) is 2.37. The van der Waals surface area contributed by atoms with Gasteiger partial charge in [0.15, 0.2) is 0 Å². The van der Waals surface area contributed by atoms with Crippen LogP contribution in [0.25, 0.3) is 0 Å². The summed E-state index contributed by atoms with van der Waals surface area (Å²) >= 11 is 0. The van der Waals surface area contributed by atoms with E-state index in [1.165, 1.54) is 6.92 Å². The molecular formula is C15H21NaO6. The van der Waals surface area contributed by atoms with Gasteiger partial charge in [0.2, 0.25) is 0 Å². The third-order valence-corrected chi connectivity index (χ3v) is 2.94. The number of hydrogen-bond donors (Lipinski definition) is 0. The number of ether oxygens (including phenoxy) is 2. The van der Waals surface area contributed by atoms with E-state index in [4.69, 9.17) is 9.47 Å². The van der Waals surface area contributed by atoms with E-state index in [1.54, 1.807) is 13.8 Å². The molecule has 7 heteroatoms. The van der Waals surface area contributed by atoms with Gasteiger partial charge in [-0.2, -0.15) is 0 Å². The van der Waals surface area contributed by atoms with E-state index < -0.39 is 35.5 Å². The molecule has 0 bridgehead atoms. The predicted molar refractivity (Wildman–Crippen MR) is 73.9 cm³/mol. The number of carbonyl (C=O) groups is 3. The Labute approximate surface area is 152 Å². The standard InChI is InChI=1S/C15H22O6.Na/c1-6-12(16)20-10(3)8-15(5,14(18)19)9-11(4)21-13(17)7-2;/h6-7,10-11H,1-2,8-9H2,3-5H3,(H,18,19);/q;+1/p-1. The van der Waals surface area contributed by atoms with Crippen LogP contribution in [-0.4, -0.2) is 30.1 Å². The second-order valence-electron chi connectivity index (χ2n) is 5.16. The van der Waals surface area contributed by atoms with Gasteiger partial charge in [0.25, 0.3) is 0 Å². The maximum atomic E-state index is 11.4. The summed E-state index contributed by atoms with van der Waals surface area (Å²) in [6, 6.07) is 0. The van der Waals surface area contributed by atoms with Gasteiger partial charge in [0, 0.05) is 23.5 Å². The summed E-state index contributed by atoms with van der Waals surface area (Å²) < 4.78 is 9.91. The van der Waals surface area contributed by atoms with Crippen molar-refractivity contribution in [1.82, 2.24) is 0 Å². The largest absolute Gasteiger partial charge is 1.00 e. The van der Waals surface area contributed by atoms with E-state index >= 15 is 0 Å². The Morgan fingerprint density at radius 1 is 1.05 bits per heavy atom. The molecule has 0 aliphatic heterocycles. The van der Waals surface area contributed by atoms with Crippen LogP contribution < -0.4 is 34.7 Å². The Bertz CT molecular complexity index is 402. The summed E-state index contributed by atoms with van der Waals surface area (Å²) in [6.45, 7) is 11.1. The molecule has 0 aromatic heterocycles. The molecular weight excluding hydrogens is 299 g/mol. The van der Waals surface area contributed by atoms with Crippen LogP contribution in [0, 0.1) is 5.41 Å². The molecule has 0 N–H and O–H groups in total. The summed E-state index contributed by atoms with van der Waals surface area (Å²) in [7, 11) is 0. The van der Waals surface area contributed by atoms with E-state index in [9.17, 15) is 19.5 Å². The Morgan fingerprint density at radius 3 is 1.59 bits per heavy atom. The Balaban J connectivity index is 0. The van der Waals surface area contributed by atoms with Crippen molar-refractivity contribution in [3.8, 4) is 0 Å². The second-order valence-corrected chi connectivity index (χ2v) is 5.16. The molecule has 118 valence electrons. The fraction of sp³-hybridized carbons (Fsp3) is 0.533. The summed E-state index contributed by atoms with van der Waals surface area (Å²) in [5, 5.41) is 11.4. The van der Waals surface area contributed by atoms with Crippen LogP contribution in [0.15, 0.2) is 25.3 Å². The minimum atomic E-state index is -1.30. The molecule has 2 atom stereocenters. The molecule has 2 unspecified atom stereocenters. The van der Waals surface area contributed by atoms with Gasteiger partial charge in [-0.05, 0) is 26.7 Å². The van der Waals surface area contributed by atoms with Crippen molar-refractivity contribution in [2.75, 3.05) is 0 Å². The maximum absolute atomic E-state index is 11.4. The molecule has 0 radical (unpaired) electrons. The minimum absolute atomic E-state index is 0. The Morgan fingerprint density at radius 2 is 1.36 bits per heavy atom. The van der Waals surface area contributed by atoms with Crippen molar-refractivity contribution in [3.05, 3.63) is 25.3 Å². The maximum Gasteiger partial charge on any atom is 1.00 e. The number of esters is 2. The summed E-state index contributed by atoms with van der Waals surface area (Å²) in [6.07, 6.45) is 0.791. The van der Waals surface area contributed by atoms with Gasteiger partial charge in [-0.15, -0.1) is 0 Å². The first-order valence-electron chi connectivity index (χ1n) is 6.52. The fourth-order valence-corrected chi connectivity index (χ4v) is 2.10. The normalized spacial score (nSPS) is 15.2. The molecule has 0 amide bonds. The summed E-state index contributed by atoms with van der Waals surface area (Å²) in [5.74, 6) is -2.56. The van der Waals surface area contributed by atoms with Crippen molar-refractivity contribution in [3.63, 3.8) is 0 Å². The van der Waals surface area contributed by atoms with Crippen molar-refractivity contribution in [2.24, 2.45) is 5.41 Å². The van der Waals surface area contributed by atoms with Crippen LogP contribution in [-0.2, 0) is 23.9 Å². The van der Waals surface area contributed by atoms with E-state index in [0.29, 0.717) is 0 Å². The molecule has 22 heavy (non-hydrogen) atoms. The van der Waals surface area contributed by atoms with E-state index in [0.717, 1.165) is 12.2 Å². The zero-order valence-corrected chi connectivity index (χ0v) is 15.6. The molecule has 0 saturated heterocycles. The van der Waals surface area contributed by atoms with Gasteiger partial charge in [-0.1, -0.05) is 20.1 Å². The SMILES string of the molecule is C=CC(=O)OC(C)CC(C)(CC(C)OC(=O)C=C)C(=O)[O-].[Na+]. The fourth-order valence-electron chi connectivity index (χ4n) is 2.10. The number of carboxylic acids is 1. The third kappa shape index (κ3) is 8.36. The molecule has 0 spiro atoms. The molecule has 0 heterocycles. The number of carboxylic acid groups (broad SMARTS) is 1. The molecule has 0 aromatic carbocycles. The van der Waals surface area contributed by atoms with E-state index in [1.807, 2.05) is 0 Å². The zero-order chi connectivity index (χ0) is 16.6. The quantitative estimate of drug-likeness (QED) is 0.271. The van der Waals surface area contributed by atoms with Crippen molar-refractivity contribution < 1.29 is 58.5 Å². The van der Waals surface area contributed by atoms with E-state index in [2.05, 4.69) is 13.2 Å². The second kappa shape index (κ2) is 10.6. The monoisotopic (exact) mass is 320 g/mol. The average molecular weight is 320 g/mol. The number of rotatable bonds is 9. The van der Waals surface area contributed by atoms with Gasteiger partial charge in [0.1, 0.15) is 12.2 Å².